The number of methoxy groups -OCH3 is 1. The SMILES string of the molecule is COc1ccc(C2(C(=O)COC(C)=O)CC2)cc1. The highest BCUT2D eigenvalue weighted by molar-refractivity contribution is 5.95. The predicted molar refractivity (Wildman–Crippen MR) is 65.5 cm³/mol. The Bertz CT molecular complexity index is 457. The van der Waals surface area contributed by atoms with Gasteiger partial charge in [-0.15, -0.1) is 0 Å². The monoisotopic (exact) mass is 248 g/mol. The molecule has 0 amide bonds. The van der Waals surface area contributed by atoms with E-state index in [0.717, 1.165) is 24.2 Å². The number of benzene rings is 1. The Hall–Kier alpha value is -1.84. The lowest BCUT2D eigenvalue weighted by atomic mass is 9.91. The minimum atomic E-state index is -0.443. The third-order valence-corrected chi connectivity index (χ3v) is 3.33. The molecule has 0 radical (unpaired) electrons. The van der Waals surface area contributed by atoms with E-state index in [1.165, 1.54) is 6.92 Å². The fourth-order valence-electron chi connectivity index (χ4n) is 2.07. The van der Waals surface area contributed by atoms with Gasteiger partial charge in [0.2, 0.25) is 0 Å². The summed E-state index contributed by atoms with van der Waals surface area (Å²) in [7, 11) is 1.60. The average molecular weight is 248 g/mol. The summed E-state index contributed by atoms with van der Waals surface area (Å²) in [4.78, 5) is 22.8. The fraction of sp³-hybridized carbons (Fsp3) is 0.429. The molecule has 18 heavy (non-hydrogen) atoms. The van der Waals surface area contributed by atoms with Gasteiger partial charge in [0.15, 0.2) is 12.4 Å². The molecule has 0 heterocycles. The number of esters is 1. The van der Waals surface area contributed by atoms with Crippen LogP contribution in [-0.4, -0.2) is 25.5 Å². The second-order valence-corrected chi connectivity index (χ2v) is 4.51. The van der Waals surface area contributed by atoms with Crippen LogP contribution >= 0.6 is 0 Å². The highest BCUT2D eigenvalue weighted by Crippen LogP contribution is 2.49. The average Bonchev–Trinajstić information content (AvgIpc) is 3.17. The summed E-state index contributed by atoms with van der Waals surface area (Å²) in [5.41, 5.74) is 0.530. The Morgan fingerprint density at radius 1 is 1.22 bits per heavy atom. The summed E-state index contributed by atoms with van der Waals surface area (Å²) in [5.74, 6) is 0.318. The van der Waals surface area contributed by atoms with Gasteiger partial charge < -0.3 is 9.47 Å². The molecule has 0 atom stereocenters. The van der Waals surface area contributed by atoms with Crippen molar-refractivity contribution in [3.8, 4) is 5.75 Å². The van der Waals surface area contributed by atoms with Crippen molar-refractivity contribution in [3.05, 3.63) is 29.8 Å². The molecule has 0 N–H and O–H groups in total. The van der Waals surface area contributed by atoms with Gasteiger partial charge in [-0.3, -0.25) is 9.59 Å². The maximum atomic E-state index is 12.1. The van der Waals surface area contributed by atoms with Crippen LogP contribution in [0.1, 0.15) is 25.3 Å². The van der Waals surface area contributed by atoms with Gasteiger partial charge >= 0.3 is 5.97 Å². The zero-order valence-electron chi connectivity index (χ0n) is 10.6. The molecule has 0 bridgehead atoms. The zero-order valence-corrected chi connectivity index (χ0v) is 10.6. The van der Waals surface area contributed by atoms with Crippen LogP contribution in [0.15, 0.2) is 24.3 Å². The molecule has 0 aliphatic heterocycles. The number of carbonyl (C=O) groups excluding carboxylic acids is 2. The van der Waals surface area contributed by atoms with E-state index in [0.29, 0.717) is 0 Å². The first kappa shape index (κ1) is 12.6. The number of hydrogen-bond acceptors (Lipinski definition) is 4. The molecule has 0 saturated heterocycles. The minimum absolute atomic E-state index is 0.0251. The molecule has 1 aliphatic rings. The van der Waals surface area contributed by atoms with Crippen molar-refractivity contribution in [2.24, 2.45) is 0 Å². The standard InChI is InChI=1S/C14H16O4/c1-10(15)18-9-13(16)14(7-8-14)11-3-5-12(17-2)6-4-11/h3-6H,7-9H2,1-2H3. The predicted octanol–water partition coefficient (Wildman–Crippen LogP) is 1.86. The Labute approximate surface area is 106 Å². The molecule has 1 aromatic carbocycles. The van der Waals surface area contributed by atoms with Gasteiger partial charge in [0.1, 0.15) is 5.75 Å². The summed E-state index contributed by atoms with van der Waals surface area (Å²) < 4.78 is 9.87. The minimum Gasteiger partial charge on any atom is -0.497 e. The summed E-state index contributed by atoms with van der Waals surface area (Å²) >= 11 is 0. The van der Waals surface area contributed by atoms with Crippen molar-refractivity contribution in [1.29, 1.82) is 0 Å². The highest BCUT2D eigenvalue weighted by Gasteiger charge is 2.50. The topological polar surface area (TPSA) is 52.6 Å². The van der Waals surface area contributed by atoms with Gasteiger partial charge in [-0.2, -0.15) is 0 Å². The van der Waals surface area contributed by atoms with E-state index in [1.807, 2.05) is 24.3 Å². The highest BCUT2D eigenvalue weighted by atomic mass is 16.5. The van der Waals surface area contributed by atoms with E-state index in [2.05, 4.69) is 0 Å². The van der Waals surface area contributed by atoms with Crippen LogP contribution in [0.2, 0.25) is 0 Å². The Morgan fingerprint density at radius 3 is 2.28 bits per heavy atom. The van der Waals surface area contributed by atoms with Crippen molar-refractivity contribution in [2.75, 3.05) is 13.7 Å². The number of ketones is 1. The van der Waals surface area contributed by atoms with E-state index in [9.17, 15) is 9.59 Å². The molecule has 2 rings (SSSR count). The van der Waals surface area contributed by atoms with Gasteiger partial charge in [0.25, 0.3) is 0 Å². The van der Waals surface area contributed by atoms with Crippen LogP contribution in [0.5, 0.6) is 5.75 Å². The molecule has 1 aromatic rings. The van der Waals surface area contributed by atoms with Crippen molar-refractivity contribution in [2.45, 2.75) is 25.2 Å². The molecule has 4 nitrogen and oxygen atoms in total. The number of Topliss-reactive ketones (excluding diaryl/α,β-unsaturated/α-hetero) is 1. The molecular weight excluding hydrogens is 232 g/mol. The lowest BCUT2D eigenvalue weighted by Crippen LogP contribution is -2.26. The molecule has 1 aliphatic carbocycles. The largest absolute Gasteiger partial charge is 0.497 e. The van der Waals surface area contributed by atoms with Crippen LogP contribution in [0.3, 0.4) is 0 Å². The first-order chi connectivity index (χ1) is 8.58. The number of carbonyl (C=O) groups is 2. The third kappa shape index (κ3) is 2.37. The van der Waals surface area contributed by atoms with Gasteiger partial charge in [-0.25, -0.2) is 0 Å². The van der Waals surface area contributed by atoms with Crippen LogP contribution in [0, 0.1) is 0 Å². The van der Waals surface area contributed by atoms with Crippen LogP contribution in [0.4, 0.5) is 0 Å². The Balaban J connectivity index is 2.10. The third-order valence-electron chi connectivity index (χ3n) is 3.33. The van der Waals surface area contributed by atoms with Crippen LogP contribution < -0.4 is 4.74 Å². The summed E-state index contributed by atoms with van der Waals surface area (Å²) in [6.45, 7) is 1.17. The first-order valence-electron chi connectivity index (χ1n) is 5.90. The van der Waals surface area contributed by atoms with E-state index in [-0.39, 0.29) is 12.4 Å². The molecule has 96 valence electrons. The van der Waals surface area contributed by atoms with Gasteiger partial charge in [0.05, 0.1) is 12.5 Å². The van der Waals surface area contributed by atoms with Crippen LogP contribution in [0.25, 0.3) is 0 Å². The zero-order chi connectivity index (χ0) is 13.2. The molecule has 1 saturated carbocycles. The van der Waals surface area contributed by atoms with E-state index in [1.54, 1.807) is 7.11 Å². The quantitative estimate of drug-likeness (QED) is 0.746. The lowest BCUT2D eigenvalue weighted by molar-refractivity contribution is -0.146. The van der Waals surface area contributed by atoms with Gasteiger partial charge in [-0.1, -0.05) is 12.1 Å². The van der Waals surface area contributed by atoms with Crippen molar-refractivity contribution in [3.63, 3.8) is 0 Å². The maximum absolute atomic E-state index is 12.1. The first-order valence-corrected chi connectivity index (χ1v) is 5.90. The van der Waals surface area contributed by atoms with Crippen LogP contribution in [-0.2, 0) is 19.7 Å². The molecule has 4 heteroatoms. The lowest BCUT2D eigenvalue weighted by Gasteiger charge is -2.14. The summed E-state index contributed by atoms with van der Waals surface area (Å²) in [5, 5.41) is 0. The maximum Gasteiger partial charge on any atom is 0.303 e. The van der Waals surface area contributed by atoms with Gasteiger partial charge in [-0.05, 0) is 30.5 Å². The second kappa shape index (κ2) is 4.80. The summed E-state index contributed by atoms with van der Waals surface area (Å²) in [6.07, 6.45) is 1.64. The smallest absolute Gasteiger partial charge is 0.303 e. The Kier molecular flexibility index (Phi) is 3.36. The van der Waals surface area contributed by atoms with Gasteiger partial charge in [0, 0.05) is 6.92 Å². The van der Waals surface area contributed by atoms with E-state index < -0.39 is 11.4 Å². The number of hydrogen-bond donors (Lipinski definition) is 0. The molecule has 0 spiro atoms. The second-order valence-electron chi connectivity index (χ2n) is 4.51. The Morgan fingerprint density at radius 2 is 1.83 bits per heavy atom. The number of ether oxygens (including phenoxy) is 2. The normalized spacial score (nSPS) is 15.9. The molecule has 0 aromatic heterocycles. The summed E-state index contributed by atoms with van der Waals surface area (Å²) in [6, 6.07) is 7.48. The molecule has 1 fully saturated rings. The number of rotatable bonds is 5. The fourth-order valence-corrected chi connectivity index (χ4v) is 2.07. The van der Waals surface area contributed by atoms with E-state index in [4.69, 9.17) is 9.47 Å². The van der Waals surface area contributed by atoms with Crippen molar-refractivity contribution < 1.29 is 19.1 Å². The van der Waals surface area contributed by atoms with Crippen molar-refractivity contribution in [1.82, 2.24) is 0 Å². The molecular formula is C14H16O4. The van der Waals surface area contributed by atoms with Crippen molar-refractivity contribution >= 4 is 11.8 Å². The molecule has 0 unspecified atom stereocenters. The van der Waals surface area contributed by atoms with E-state index >= 15 is 0 Å².